The van der Waals surface area contributed by atoms with Gasteiger partial charge in [0.25, 0.3) is 0 Å². The molecule has 0 fully saturated rings. The first kappa shape index (κ1) is 42.3. The predicted octanol–water partition coefficient (Wildman–Crippen LogP) is 14.2. The van der Waals surface area contributed by atoms with Crippen molar-refractivity contribution in [3.63, 3.8) is 0 Å². The van der Waals surface area contributed by atoms with Gasteiger partial charge in [0.2, 0.25) is 0 Å². The molecular weight excluding hydrogens is 942 g/mol. The SMILES string of the molecule is Cc1cc2c([c-]c1Oc1[c-]c(C3=N[C@@H]4c5cc(C)c(C)c(C)c5-c5c(cc(C)c(C)c5C)[C@]4(C)O3)cc(C(C)C)c1)-n1c3ncccc3c3cc(C(C)(C)C)cc(c31)C2(C)C.[Pt+2]. The van der Waals surface area contributed by atoms with Crippen LogP contribution in [0.15, 0.2) is 65.8 Å². The van der Waals surface area contributed by atoms with Crippen LogP contribution in [0.25, 0.3) is 38.8 Å². The molecule has 318 valence electrons. The van der Waals surface area contributed by atoms with Crippen LogP contribution in [0, 0.1) is 60.6 Å². The summed E-state index contributed by atoms with van der Waals surface area (Å²) >= 11 is 0. The Morgan fingerprint density at radius 3 is 2.13 bits per heavy atom. The molecule has 0 radical (unpaired) electrons. The summed E-state index contributed by atoms with van der Waals surface area (Å²) in [6.45, 7) is 33.8. The quantitative estimate of drug-likeness (QED) is 0.165. The molecule has 2 aromatic heterocycles. The van der Waals surface area contributed by atoms with E-state index in [1.54, 1.807) is 0 Å². The van der Waals surface area contributed by atoms with E-state index >= 15 is 0 Å². The molecule has 7 aromatic rings. The number of ether oxygens (including phenoxy) is 2. The Kier molecular flexibility index (Phi) is 9.56. The summed E-state index contributed by atoms with van der Waals surface area (Å²) in [4.78, 5) is 10.5. The first-order valence-corrected chi connectivity index (χ1v) is 22.0. The van der Waals surface area contributed by atoms with Gasteiger partial charge in [0.1, 0.15) is 23.2 Å². The average Bonchev–Trinajstić information content (AvgIpc) is 3.75. The second kappa shape index (κ2) is 14.0. The maximum Gasteiger partial charge on any atom is 2.00 e. The third-order valence-electron chi connectivity index (χ3n) is 14.7. The molecule has 0 spiro atoms. The van der Waals surface area contributed by atoms with Gasteiger partial charge >= 0.3 is 21.1 Å². The van der Waals surface area contributed by atoms with Crippen LogP contribution >= 0.6 is 0 Å². The van der Waals surface area contributed by atoms with Gasteiger partial charge in [0.15, 0.2) is 0 Å². The zero-order chi connectivity index (χ0) is 43.4. The fourth-order valence-corrected chi connectivity index (χ4v) is 10.5. The number of fused-ring (bicyclic) bond motifs is 11. The van der Waals surface area contributed by atoms with Crippen LogP contribution in [0.2, 0.25) is 0 Å². The molecule has 5 aromatic carbocycles. The van der Waals surface area contributed by atoms with Gasteiger partial charge in [-0.2, -0.15) is 6.07 Å². The van der Waals surface area contributed by atoms with E-state index in [1.165, 1.54) is 83.2 Å². The van der Waals surface area contributed by atoms with E-state index in [0.29, 0.717) is 17.4 Å². The van der Waals surface area contributed by atoms with Gasteiger partial charge in [-0.3, -0.25) is 4.99 Å². The van der Waals surface area contributed by atoms with Gasteiger partial charge in [-0.25, -0.2) is 4.98 Å². The van der Waals surface area contributed by atoms with Crippen molar-refractivity contribution in [3.05, 3.63) is 151 Å². The van der Waals surface area contributed by atoms with Crippen LogP contribution in [-0.4, -0.2) is 15.4 Å². The van der Waals surface area contributed by atoms with Gasteiger partial charge in [-0.05, 0) is 145 Å². The van der Waals surface area contributed by atoms with Crippen molar-refractivity contribution in [2.45, 2.75) is 132 Å². The smallest absolute Gasteiger partial charge is 0.508 e. The number of aliphatic imine (C=N–C) groups is 1. The van der Waals surface area contributed by atoms with Crippen molar-refractivity contribution in [2.24, 2.45) is 4.99 Å². The number of hydrogen-bond acceptors (Lipinski definition) is 4. The zero-order valence-corrected chi connectivity index (χ0v) is 41.2. The van der Waals surface area contributed by atoms with Gasteiger partial charge < -0.3 is 14.0 Å². The first-order valence-electron chi connectivity index (χ1n) is 22.0. The summed E-state index contributed by atoms with van der Waals surface area (Å²) in [6.07, 6.45) is 1.89. The van der Waals surface area contributed by atoms with E-state index in [2.05, 4.69) is 169 Å². The van der Waals surface area contributed by atoms with Crippen molar-refractivity contribution in [3.8, 4) is 28.3 Å². The molecule has 6 heteroatoms. The molecule has 4 heterocycles. The minimum atomic E-state index is -0.698. The Morgan fingerprint density at radius 1 is 0.758 bits per heavy atom. The molecule has 0 saturated heterocycles. The number of hydrogen-bond donors (Lipinski definition) is 0. The molecule has 0 unspecified atom stereocenters. The van der Waals surface area contributed by atoms with Crippen LogP contribution in [0.4, 0.5) is 0 Å². The number of nitrogens with zero attached hydrogens (tertiary/aromatic N) is 3. The molecule has 10 rings (SSSR count). The van der Waals surface area contributed by atoms with E-state index in [0.717, 1.165) is 33.4 Å². The van der Waals surface area contributed by atoms with Crippen LogP contribution < -0.4 is 4.74 Å². The molecular formula is C56H57N3O2Pt. The number of benzene rings is 5. The molecule has 0 saturated carbocycles. The second-order valence-electron chi connectivity index (χ2n) is 20.3. The van der Waals surface area contributed by atoms with Crippen LogP contribution in [0.3, 0.4) is 0 Å². The van der Waals surface area contributed by atoms with E-state index in [4.69, 9.17) is 19.5 Å². The molecule has 3 aliphatic rings. The second-order valence-corrected chi connectivity index (χ2v) is 20.3. The predicted molar refractivity (Wildman–Crippen MR) is 250 cm³/mol. The molecule has 0 amide bonds. The van der Waals surface area contributed by atoms with Crippen molar-refractivity contribution in [1.29, 1.82) is 0 Å². The summed E-state index contributed by atoms with van der Waals surface area (Å²) in [5.41, 5.74) is 21.7. The van der Waals surface area contributed by atoms with Crippen LogP contribution in [0.1, 0.15) is 145 Å². The van der Waals surface area contributed by atoms with E-state index in [-0.39, 0.29) is 43.9 Å². The molecule has 5 nitrogen and oxygen atoms in total. The molecule has 62 heavy (non-hydrogen) atoms. The molecule has 1 aliphatic carbocycles. The molecule has 0 bridgehead atoms. The summed E-state index contributed by atoms with van der Waals surface area (Å²) < 4.78 is 16.5. The fraction of sp³-hybridized carbons (Fsp3) is 0.357. The number of aryl methyl sites for hydroxylation is 3. The summed E-state index contributed by atoms with van der Waals surface area (Å²) in [7, 11) is 0. The monoisotopic (exact) mass is 998 g/mol. The third kappa shape index (κ3) is 5.89. The average molecular weight is 999 g/mol. The summed E-state index contributed by atoms with van der Waals surface area (Å²) in [5, 5.41) is 2.37. The van der Waals surface area contributed by atoms with Crippen LogP contribution in [0.5, 0.6) is 11.5 Å². The Morgan fingerprint density at radius 2 is 1.44 bits per heavy atom. The van der Waals surface area contributed by atoms with Gasteiger partial charge in [-0.15, -0.1) is 28.8 Å². The Balaban J connectivity index is 0.00000490. The van der Waals surface area contributed by atoms with Crippen molar-refractivity contribution >= 4 is 27.8 Å². The topological polar surface area (TPSA) is 48.6 Å². The normalized spacial score (nSPS) is 18.2. The zero-order valence-electron chi connectivity index (χ0n) is 38.9. The number of rotatable bonds is 4. The Labute approximate surface area is 382 Å². The Hall–Kier alpha value is -4.99. The number of pyridine rings is 1. The van der Waals surface area contributed by atoms with E-state index in [1.807, 2.05) is 12.3 Å². The van der Waals surface area contributed by atoms with Gasteiger partial charge in [0, 0.05) is 34.0 Å². The molecule has 0 N–H and O–H groups in total. The minimum absolute atomic E-state index is 0. The van der Waals surface area contributed by atoms with Gasteiger partial charge in [-0.1, -0.05) is 97.0 Å². The van der Waals surface area contributed by atoms with E-state index in [9.17, 15) is 0 Å². The standard InChI is InChI=1S/C56H57N3O2.Pt/c1-28(2)36-22-37(53-58-51-42-19-29(3)32(6)34(8)48(42)49-35(9)33(7)30(4)20-44(49)56(51,15)61-53)24-39(23-36)60-47-27-46-43(21-31(47)5)55(13,14)45-26-38(54(10,11)12)25-41-40-17-16-18-57-52(40)59(46)50(41)45;/h16-23,25-26,28,51H,1-15H3;/q-2;+2/t51-,56+;/m1./s1. The minimum Gasteiger partial charge on any atom is -0.508 e. The molecule has 2 aliphatic heterocycles. The first-order chi connectivity index (χ1) is 28.7. The maximum absolute atomic E-state index is 7.22. The van der Waals surface area contributed by atoms with E-state index < -0.39 is 5.60 Å². The summed E-state index contributed by atoms with van der Waals surface area (Å²) in [5.74, 6) is 2.10. The summed E-state index contributed by atoms with van der Waals surface area (Å²) in [6, 6.07) is 27.6. The Bertz CT molecular complexity index is 3120. The largest absolute Gasteiger partial charge is 2.00 e. The molecule has 2 atom stereocenters. The number of aromatic nitrogens is 2. The fourth-order valence-electron chi connectivity index (χ4n) is 10.5. The van der Waals surface area contributed by atoms with Crippen molar-refractivity contribution < 1.29 is 30.5 Å². The third-order valence-corrected chi connectivity index (χ3v) is 14.7. The van der Waals surface area contributed by atoms with Gasteiger partial charge in [0.05, 0.1) is 5.52 Å². The van der Waals surface area contributed by atoms with Crippen molar-refractivity contribution in [1.82, 2.24) is 9.55 Å². The van der Waals surface area contributed by atoms with Crippen LogP contribution in [-0.2, 0) is 42.2 Å². The van der Waals surface area contributed by atoms with Crippen molar-refractivity contribution in [2.75, 3.05) is 0 Å². The maximum atomic E-state index is 7.22.